The molecule has 0 aliphatic rings. The highest BCUT2D eigenvalue weighted by Gasteiger charge is 2.12. The lowest BCUT2D eigenvalue weighted by atomic mass is 10.1. The summed E-state index contributed by atoms with van der Waals surface area (Å²) >= 11 is 4.28. The van der Waals surface area contributed by atoms with Gasteiger partial charge in [0, 0.05) is 30.5 Å². The predicted octanol–water partition coefficient (Wildman–Crippen LogP) is 10.1. The number of hydrogen-bond acceptors (Lipinski definition) is 4. The Labute approximate surface area is 248 Å². The maximum atomic E-state index is 12.3. The second-order valence-electron chi connectivity index (χ2n) is 11.6. The Morgan fingerprint density at radius 2 is 1.11 bits per heavy atom. The molecule has 0 bridgehead atoms. The van der Waals surface area contributed by atoms with E-state index in [-0.39, 0.29) is 5.91 Å². The average molecular weight is 573 g/mol. The van der Waals surface area contributed by atoms with Crippen LogP contribution < -0.4 is 5.32 Å². The van der Waals surface area contributed by atoms with Crippen LogP contribution in [0.5, 0.6) is 0 Å². The highest BCUT2D eigenvalue weighted by atomic mass is 32.2. The number of carbonyl (C=O) groups is 1. The van der Waals surface area contributed by atoms with Gasteiger partial charge < -0.3 is 10.2 Å². The van der Waals surface area contributed by atoms with Crippen LogP contribution in [-0.2, 0) is 4.79 Å². The first-order valence-corrected chi connectivity index (χ1v) is 18.9. The standard InChI is InChI=1S/C33H68N2OS2/c1-5-7-9-11-13-15-17-19-21-23-29-37-31-32(25-26-33(36)34-27-28-35(3)4)38-30-24-22-20-18-16-14-12-10-8-6-2/h32H,5-31H2,1-4H3,(H,34,36). The number of thioether (sulfide) groups is 2. The monoisotopic (exact) mass is 572 g/mol. The van der Waals surface area contributed by atoms with E-state index < -0.39 is 0 Å². The van der Waals surface area contributed by atoms with E-state index in [9.17, 15) is 4.79 Å². The number of unbranched alkanes of at least 4 members (excludes halogenated alkanes) is 18. The molecule has 3 nitrogen and oxygen atoms in total. The fraction of sp³-hybridized carbons (Fsp3) is 0.970. The molecule has 5 heteroatoms. The van der Waals surface area contributed by atoms with E-state index in [4.69, 9.17) is 0 Å². The maximum absolute atomic E-state index is 12.3. The minimum absolute atomic E-state index is 0.232. The summed E-state index contributed by atoms with van der Waals surface area (Å²) in [6.45, 7) is 6.26. The molecule has 0 aromatic rings. The Kier molecular flexibility index (Phi) is 31.8. The Hall–Kier alpha value is 0.130. The summed E-state index contributed by atoms with van der Waals surface area (Å²) in [6.07, 6.45) is 29.9. The van der Waals surface area contributed by atoms with Crippen LogP contribution in [0.3, 0.4) is 0 Å². The first kappa shape index (κ1) is 38.1. The van der Waals surface area contributed by atoms with Crippen molar-refractivity contribution < 1.29 is 4.79 Å². The first-order chi connectivity index (χ1) is 18.6. The summed E-state index contributed by atoms with van der Waals surface area (Å²) in [4.78, 5) is 14.4. The Bertz CT molecular complexity index is 476. The van der Waals surface area contributed by atoms with Gasteiger partial charge in [0.1, 0.15) is 0 Å². The van der Waals surface area contributed by atoms with Crippen molar-refractivity contribution in [2.24, 2.45) is 0 Å². The third-order valence-electron chi connectivity index (χ3n) is 7.37. The molecule has 0 aliphatic heterocycles. The second kappa shape index (κ2) is 31.7. The molecule has 0 spiro atoms. The van der Waals surface area contributed by atoms with Crippen LogP contribution in [0.1, 0.15) is 155 Å². The van der Waals surface area contributed by atoms with Gasteiger partial charge in [0.05, 0.1) is 0 Å². The van der Waals surface area contributed by atoms with Crippen LogP contribution in [0.25, 0.3) is 0 Å². The molecule has 0 rings (SSSR count). The molecular weight excluding hydrogens is 505 g/mol. The largest absolute Gasteiger partial charge is 0.355 e. The van der Waals surface area contributed by atoms with Gasteiger partial charge >= 0.3 is 0 Å². The lowest BCUT2D eigenvalue weighted by Crippen LogP contribution is -2.31. The van der Waals surface area contributed by atoms with Crippen molar-refractivity contribution in [3.8, 4) is 0 Å². The lowest BCUT2D eigenvalue weighted by molar-refractivity contribution is -0.121. The number of nitrogens with zero attached hydrogens (tertiary/aromatic N) is 1. The van der Waals surface area contributed by atoms with E-state index in [0.29, 0.717) is 11.7 Å². The molecule has 0 aliphatic carbocycles. The van der Waals surface area contributed by atoms with Crippen molar-refractivity contribution in [1.82, 2.24) is 10.2 Å². The van der Waals surface area contributed by atoms with Crippen molar-refractivity contribution in [2.45, 2.75) is 160 Å². The maximum Gasteiger partial charge on any atom is 0.220 e. The SMILES string of the molecule is CCCCCCCCCCCCSCC(CCC(=O)NCCN(C)C)SCCCCCCCCCCCC. The molecule has 1 amide bonds. The minimum Gasteiger partial charge on any atom is -0.355 e. The number of hydrogen-bond donors (Lipinski definition) is 1. The van der Waals surface area contributed by atoms with Crippen LogP contribution in [0.15, 0.2) is 0 Å². The molecule has 1 unspecified atom stereocenters. The Morgan fingerprint density at radius 3 is 1.58 bits per heavy atom. The molecule has 0 radical (unpaired) electrons. The summed E-state index contributed by atoms with van der Waals surface area (Å²) in [5.41, 5.74) is 0. The molecule has 0 saturated carbocycles. The quantitative estimate of drug-likeness (QED) is 0.0838. The van der Waals surface area contributed by atoms with Crippen LogP contribution in [0.2, 0.25) is 0 Å². The van der Waals surface area contributed by atoms with Gasteiger partial charge in [-0.25, -0.2) is 0 Å². The topological polar surface area (TPSA) is 32.3 Å². The van der Waals surface area contributed by atoms with Gasteiger partial charge in [-0.2, -0.15) is 23.5 Å². The average Bonchev–Trinajstić information content (AvgIpc) is 2.90. The number of amides is 1. The summed E-state index contributed by atoms with van der Waals surface area (Å²) in [6, 6.07) is 0. The van der Waals surface area contributed by atoms with E-state index in [1.807, 2.05) is 0 Å². The zero-order chi connectivity index (χ0) is 27.9. The van der Waals surface area contributed by atoms with Crippen molar-refractivity contribution in [2.75, 3.05) is 44.4 Å². The van der Waals surface area contributed by atoms with Crippen molar-refractivity contribution in [1.29, 1.82) is 0 Å². The third-order valence-corrected chi connectivity index (χ3v) is 10.2. The fourth-order valence-corrected chi connectivity index (χ4v) is 7.43. The Morgan fingerprint density at radius 1 is 0.658 bits per heavy atom. The number of rotatable bonds is 31. The van der Waals surface area contributed by atoms with Crippen molar-refractivity contribution >= 4 is 29.4 Å². The van der Waals surface area contributed by atoms with Gasteiger partial charge in [0.2, 0.25) is 5.91 Å². The highest BCUT2D eigenvalue weighted by Crippen LogP contribution is 2.24. The first-order valence-electron chi connectivity index (χ1n) is 16.7. The van der Waals surface area contributed by atoms with E-state index in [1.165, 1.54) is 146 Å². The smallest absolute Gasteiger partial charge is 0.220 e. The molecule has 0 fully saturated rings. The molecule has 38 heavy (non-hydrogen) atoms. The van der Waals surface area contributed by atoms with E-state index in [1.54, 1.807) is 0 Å². The van der Waals surface area contributed by atoms with Gasteiger partial charge in [-0.3, -0.25) is 4.79 Å². The number of nitrogens with one attached hydrogen (secondary N) is 1. The fourth-order valence-electron chi connectivity index (χ4n) is 4.76. The van der Waals surface area contributed by atoms with Gasteiger partial charge in [-0.1, -0.05) is 129 Å². The normalized spacial score (nSPS) is 12.3. The third kappa shape index (κ3) is 30.7. The minimum atomic E-state index is 0.232. The van der Waals surface area contributed by atoms with Gasteiger partial charge in [-0.15, -0.1) is 0 Å². The molecule has 0 heterocycles. The molecule has 1 N–H and O–H groups in total. The van der Waals surface area contributed by atoms with Crippen LogP contribution in [0.4, 0.5) is 0 Å². The molecule has 1 atom stereocenters. The Balaban J connectivity index is 3.97. The summed E-state index contributed by atoms with van der Waals surface area (Å²) in [5, 5.41) is 3.73. The summed E-state index contributed by atoms with van der Waals surface area (Å²) < 4.78 is 0. The van der Waals surface area contributed by atoms with Crippen LogP contribution >= 0.6 is 23.5 Å². The predicted molar refractivity (Wildman–Crippen MR) is 178 cm³/mol. The highest BCUT2D eigenvalue weighted by molar-refractivity contribution is 8.03. The van der Waals surface area contributed by atoms with E-state index >= 15 is 0 Å². The molecule has 0 saturated heterocycles. The molecule has 0 aromatic carbocycles. The lowest BCUT2D eigenvalue weighted by Gasteiger charge is -2.17. The second-order valence-corrected chi connectivity index (χ2v) is 14.2. The summed E-state index contributed by atoms with van der Waals surface area (Å²) in [7, 11) is 4.11. The van der Waals surface area contributed by atoms with Gasteiger partial charge in [-0.05, 0) is 44.9 Å². The van der Waals surface area contributed by atoms with E-state index in [0.717, 1.165) is 19.5 Å². The zero-order valence-electron chi connectivity index (χ0n) is 26.3. The molecular formula is C33H68N2OS2. The van der Waals surface area contributed by atoms with Crippen molar-refractivity contribution in [3.63, 3.8) is 0 Å². The number of carbonyl (C=O) groups excluding carboxylic acids is 1. The van der Waals surface area contributed by atoms with Crippen LogP contribution in [0, 0.1) is 0 Å². The molecule has 0 aromatic heterocycles. The zero-order valence-corrected chi connectivity index (χ0v) is 28.0. The molecule has 228 valence electrons. The van der Waals surface area contributed by atoms with Gasteiger partial charge in [0.25, 0.3) is 0 Å². The van der Waals surface area contributed by atoms with Crippen LogP contribution in [-0.4, -0.2) is 60.5 Å². The number of likely N-dealkylation sites (N-methyl/N-ethyl adjacent to an activating group) is 1. The van der Waals surface area contributed by atoms with E-state index in [2.05, 4.69) is 61.7 Å². The summed E-state index contributed by atoms with van der Waals surface area (Å²) in [5.74, 6) is 4.00. The van der Waals surface area contributed by atoms with Crippen molar-refractivity contribution in [3.05, 3.63) is 0 Å². The van der Waals surface area contributed by atoms with Gasteiger partial charge in [0.15, 0.2) is 0 Å².